The van der Waals surface area contributed by atoms with Gasteiger partial charge in [0.2, 0.25) is 11.4 Å². The highest BCUT2D eigenvalue weighted by Gasteiger charge is 2.08. The van der Waals surface area contributed by atoms with Gasteiger partial charge < -0.3 is 15.3 Å². The third kappa shape index (κ3) is 2.41. The molecule has 3 N–H and O–H groups in total. The van der Waals surface area contributed by atoms with Crippen molar-refractivity contribution in [1.82, 2.24) is 14.8 Å². The predicted molar refractivity (Wildman–Crippen MR) is 61.6 cm³/mol. The number of thioether (sulfide) groups is 1. The molecular formula is C9H10N4O3S. The number of anilines is 1. The summed E-state index contributed by atoms with van der Waals surface area (Å²) < 4.78 is 6.68. The molecule has 2 aromatic heterocycles. The first kappa shape index (κ1) is 11.5. The van der Waals surface area contributed by atoms with E-state index in [4.69, 9.17) is 15.3 Å². The van der Waals surface area contributed by atoms with Gasteiger partial charge in [-0.05, 0) is 0 Å². The minimum absolute atomic E-state index is 0.319. The van der Waals surface area contributed by atoms with E-state index in [1.54, 1.807) is 11.6 Å². The van der Waals surface area contributed by atoms with Crippen LogP contribution in [0, 0.1) is 0 Å². The highest BCUT2D eigenvalue weighted by molar-refractivity contribution is 7.98. The first-order chi connectivity index (χ1) is 8.08. The van der Waals surface area contributed by atoms with Crippen LogP contribution in [0.1, 0.15) is 5.76 Å². The molecule has 0 bridgehead atoms. The Morgan fingerprint density at radius 1 is 1.59 bits per heavy atom. The van der Waals surface area contributed by atoms with Gasteiger partial charge in [0.05, 0.1) is 5.75 Å². The summed E-state index contributed by atoms with van der Waals surface area (Å²) in [6.07, 6.45) is 1.02. The van der Waals surface area contributed by atoms with Crippen molar-refractivity contribution < 1.29 is 9.52 Å². The van der Waals surface area contributed by atoms with E-state index in [1.165, 1.54) is 17.8 Å². The Bertz CT molecular complexity index is 592. The molecule has 0 saturated heterocycles. The van der Waals surface area contributed by atoms with Gasteiger partial charge in [-0.15, -0.1) is 10.2 Å². The lowest BCUT2D eigenvalue weighted by Crippen LogP contribution is -2.00. The monoisotopic (exact) mass is 254 g/mol. The molecule has 0 aliphatic carbocycles. The molecule has 0 unspecified atom stereocenters. The van der Waals surface area contributed by atoms with E-state index in [0.717, 1.165) is 6.26 Å². The second-order valence-electron chi connectivity index (χ2n) is 3.28. The van der Waals surface area contributed by atoms with Gasteiger partial charge in [-0.3, -0.25) is 9.36 Å². The number of aromatic hydroxyl groups is 1. The molecular weight excluding hydrogens is 244 g/mol. The van der Waals surface area contributed by atoms with Crippen molar-refractivity contribution in [2.24, 2.45) is 7.05 Å². The Morgan fingerprint density at radius 2 is 2.35 bits per heavy atom. The van der Waals surface area contributed by atoms with Gasteiger partial charge in [0, 0.05) is 13.1 Å². The highest BCUT2D eigenvalue weighted by atomic mass is 32.2. The number of aromatic nitrogens is 3. The molecule has 0 fully saturated rings. The zero-order valence-electron chi connectivity index (χ0n) is 8.95. The Labute approximate surface area is 100 Å². The maximum absolute atomic E-state index is 11.1. The lowest BCUT2D eigenvalue weighted by molar-refractivity contribution is 0.419. The molecule has 0 amide bonds. The van der Waals surface area contributed by atoms with Crippen molar-refractivity contribution in [2.45, 2.75) is 10.9 Å². The molecule has 0 aromatic carbocycles. The van der Waals surface area contributed by atoms with E-state index in [-0.39, 0.29) is 0 Å². The van der Waals surface area contributed by atoms with Crippen LogP contribution in [-0.2, 0) is 12.8 Å². The van der Waals surface area contributed by atoms with Crippen LogP contribution in [0.4, 0.5) is 5.95 Å². The van der Waals surface area contributed by atoms with E-state index < -0.39 is 11.2 Å². The van der Waals surface area contributed by atoms with Gasteiger partial charge in [0.1, 0.15) is 12.0 Å². The molecule has 8 heteroatoms. The minimum Gasteiger partial charge on any atom is -0.502 e. The van der Waals surface area contributed by atoms with Gasteiger partial charge >= 0.3 is 0 Å². The molecule has 2 rings (SSSR count). The molecule has 7 nitrogen and oxygen atoms in total. The number of hydrogen-bond acceptors (Lipinski definition) is 7. The van der Waals surface area contributed by atoms with Crippen molar-refractivity contribution in [1.29, 1.82) is 0 Å². The second-order valence-corrected chi connectivity index (χ2v) is 4.23. The Morgan fingerprint density at radius 3 is 2.94 bits per heavy atom. The molecule has 0 aliphatic heterocycles. The number of nitrogen functional groups attached to an aromatic ring is 1. The smallest absolute Gasteiger partial charge is 0.226 e. The predicted octanol–water partition coefficient (Wildman–Crippen LogP) is 0.348. The summed E-state index contributed by atoms with van der Waals surface area (Å²) in [5, 5.41) is 17.2. The second kappa shape index (κ2) is 4.50. The van der Waals surface area contributed by atoms with Crippen molar-refractivity contribution >= 4 is 17.7 Å². The maximum Gasteiger partial charge on any atom is 0.226 e. The van der Waals surface area contributed by atoms with Crippen LogP contribution in [0.15, 0.2) is 26.7 Å². The molecule has 0 aliphatic rings. The van der Waals surface area contributed by atoms with Crippen LogP contribution in [-0.4, -0.2) is 19.9 Å². The van der Waals surface area contributed by atoms with Gasteiger partial charge in [0.15, 0.2) is 10.9 Å². The largest absolute Gasteiger partial charge is 0.502 e. The first-order valence-electron chi connectivity index (χ1n) is 4.66. The van der Waals surface area contributed by atoms with Crippen molar-refractivity contribution in [3.63, 3.8) is 0 Å². The van der Waals surface area contributed by atoms with Crippen LogP contribution in [0.5, 0.6) is 5.75 Å². The molecule has 90 valence electrons. The van der Waals surface area contributed by atoms with E-state index >= 15 is 0 Å². The lowest BCUT2D eigenvalue weighted by Gasteiger charge is -2.00. The molecule has 2 heterocycles. The van der Waals surface area contributed by atoms with Crippen LogP contribution >= 0.6 is 11.8 Å². The highest BCUT2D eigenvalue weighted by Crippen LogP contribution is 2.21. The van der Waals surface area contributed by atoms with Crippen molar-refractivity contribution in [3.05, 3.63) is 28.3 Å². The summed E-state index contributed by atoms with van der Waals surface area (Å²) >= 11 is 1.33. The van der Waals surface area contributed by atoms with Gasteiger partial charge in [0.25, 0.3) is 0 Å². The van der Waals surface area contributed by atoms with Gasteiger partial charge in [-0.1, -0.05) is 11.8 Å². The van der Waals surface area contributed by atoms with E-state index in [2.05, 4.69) is 10.2 Å². The lowest BCUT2D eigenvalue weighted by atomic mass is 10.4. The quantitative estimate of drug-likeness (QED) is 0.761. The fraction of sp³-hybridized carbons (Fsp3) is 0.222. The van der Waals surface area contributed by atoms with E-state index in [0.29, 0.717) is 22.6 Å². The third-order valence-corrected chi connectivity index (χ3v) is 3.12. The number of hydrogen-bond donors (Lipinski definition) is 2. The third-order valence-electron chi connectivity index (χ3n) is 2.08. The summed E-state index contributed by atoms with van der Waals surface area (Å²) in [7, 11) is 1.74. The van der Waals surface area contributed by atoms with Crippen molar-refractivity contribution in [3.8, 4) is 5.75 Å². The number of nitrogens with zero attached hydrogens (tertiary/aromatic N) is 3. The van der Waals surface area contributed by atoms with Gasteiger partial charge in [-0.2, -0.15) is 0 Å². The summed E-state index contributed by atoms with van der Waals surface area (Å²) in [6.45, 7) is 0. The first-order valence-corrected chi connectivity index (χ1v) is 5.65. The topological polar surface area (TPSA) is 107 Å². The Kier molecular flexibility index (Phi) is 3.05. The number of nitrogens with two attached hydrogens (primary N) is 1. The Balaban J connectivity index is 2.10. The molecule has 0 saturated carbocycles. The molecule has 17 heavy (non-hydrogen) atoms. The van der Waals surface area contributed by atoms with Crippen LogP contribution in [0.2, 0.25) is 0 Å². The standard InChI is InChI=1S/C9H10N4O3S/c1-13-8(10)11-12-9(13)17-4-5-2-6(14)7(15)3-16-5/h2-3,15H,4H2,1H3,(H2,10,11). The molecule has 2 aromatic rings. The summed E-state index contributed by atoms with van der Waals surface area (Å²) in [4.78, 5) is 11.1. The van der Waals surface area contributed by atoms with E-state index in [9.17, 15) is 4.79 Å². The van der Waals surface area contributed by atoms with Crippen molar-refractivity contribution in [2.75, 3.05) is 5.73 Å². The van der Waals surface area contributed by atoms with Crippen LogP contribution < -0.4 is 11.2 Å². The van der Waals surface area contributed by atoms with E-state index in [1.807, 2.05) is 0 Å². The van der Waals surface area contributed by atoms with Gasteiger partial charge in [-0.25, -0.2) is 0 Å². The zero-order chi connectivity index (χ0) is 12.4. The summed E-state index contributed by atoms with van der Waals surface area (Å²) in [6, 6.07) is 1.24. The zero-order valence-corrected chi connectivity index (χ0v) is 9.77. The maximum atomic E-state index is 11.1. The molecule has 0 radical (unpaired) electrons. The average Bonchev–Trinajstić information content (AvgIpc) is 2.62. The average molecular weight is 254 g/mol. The van der Waals surface area contributed by atoms with Crippen LogP contribution in [0.3, 0.4) is 0 Å². The molecule has 0 atom stereocenters. The van der Waals surface area contributed by atoms with Crippen LogP contribution in [0.25, 0.3) is 0 Å². The molecule has 0 spiro atoms. The SMILES string of the molecule is Cn1c(N)nnc1SCc1cc(=O)c(O)co1. The summed E-state index contributed by atoms with van der Waals surface area (Å²) in [5.74, 6) is 0.766. The fourth-order valence-electron chi connectivity index (χ4n) is 1.11. The minimum atomic E-state index is -0.468. The fourth-order valence-corrected chi connectivity index (χ4v) is 1.92. The number of rotatable bonds is 3. The normalized spacial score (nSPS) is 10.6. The summed E-state index contributed by atoms with van der Waals surface area (Å²) in [5.41, 5.74) is 5.05. The Hall–Kier alpha value is -1.96.